The Balaban J connectivity index is 1.90. The van der Waals surface area contributed by atoms with Crippen LogP contribution in [-0.2, 0) is 0 Å². The number of amides is 1. The van der Waals surface area contributed by atoms with E-state index in [2.05, 4.69) is 17.2 Å². The molecule has 0 aromatic carbocycles. The first-order chi connectivity index (χ1) is 7.70. The molecule has 1 aliphatic rings. The second-order valence-corrected chi connectivity index (χ2v) is 4.66. The fourth-order valence-corrected chi connectivity index (χ4v) is 2.05. The predicted molar refractivity (Wildman–Crippen MR) is 63.5 cm³/mol. The molecule has 2 unspecified atom stereocenters. The zero-order chi connectivity index (χ0) is 11.5. The van der Waals surface area contributed by atoms with Crippen LogP contribution in [-0.4, -0.2) is 16.9 Å². The summed E-state index contributed by atoms with van der Waals surface area (Å²) in [5.41, 5.74) is 0.398. The molecule has 1 N–H and O–H groups in total. The van der Waals surface area contributed by atoms with Gasteiger partial charge in [-0.2, -0.15) is 0 Å². The van der Waals surface area contributed by atoms with Gasteiger partial charge in [-0.05, 0) is 30.9 Å². The lowest BCUT2D eigenvalue weighted by Gasteiger charge is -2.03. The summed E-state index contributed by atoms with van der Waals surface area (Å²) in [5.74, 6) is 0.541. The SMILES string of the molecule is CCCC1CC1NC(=O)c1cc(Cl)ccn1. The highest BCUT2D eigenvalue weighted by molar-refractivity contribution is 6.30. The second-order valence-electron chi connectivity index (χ2n) is 4.22. The molecule has 0 bridgehead atoms. The highest BCUT2D eigenvalue weighted by Gasteiger charge is 2.37. The van der Waals surface area contributed by atoms with Gasteiger partial charge in [-0.3, -0.25) is 9.78 Å². The van der Waals surface area contributed by atoms with Crippen LogP contribution in [0.4, 0.5) is 0 Å². The molecular formula is C12H15ClN2O. The van der Waals surface area contributed by atoms with Crippen LogP contribution in [0, 0.1) is 5.92 Å². The maximum atomic E-state index is 11.8. The van der Waals surface area contributed by atoms with Crippen LogP contribution in [0.5, 0.6) is 0 Å². The van der Waals surface area contributed by atoms with Gasteiger partial charge in [-0.15, -0.1) is 0 Å². The quantitative estimate of drug-likeness (QED) is 0.876. The van der Waals surface area contributed by atoms with Gasteiger partial charge in [0.2, 0.25) is 0 Å². The third-order valence-corrected chi connectivity index (χ3v) is 3.09. The van der Waals surface area contributed by atoms with Gasteiger partial charge in [0.05, 0.1) is 0 Å². The van der Waals surface area contributed by atoms with E-state index in [0.29, 0.717) is 22.7 Å². The Morgan fingerprint density at radius 2 is 2.50 bits per heavy atom. The monoisotopic (exact) mass is 238 g/mol. The Labute approximate surface area is 100 Å². The van der Waals surface area contributed by atoms with E-state index in [4.69, 9.17) is 11.6 Å². The molecule has 0 aliphatic heterocycles. The Bertz CT molecular complexity index is 394. The number of hydrogen-bond acceptors (Lipinski definition) is 2. The number of rotatable bonds is 4. The van der Waals surface area contributed by atoms with Crippen molar-refractivity contribution in [3.63, 3.8) is 0 Å². The van der Waals surface area contributed by atoms with E-state index in [1.54, 1.807) is 18.3 Å². The summed E-state index contributed by atoms with van der Waals surface area (Å²) in [5, 5.41) is 3.51. The molecule has 0 spiro atoms. The minimum Gasteiger partial charge on any atom is -0.348 e. The van der Waals surface area contributed by atoms with Crippen molar-refractivity contribution in [2.75, 3.05) is 0 Å². The largest absolute Gasteiger partial charge is 0.348 e. The normalized spacial score (nSPS) is 22.9. The van der Waals surface area contributed by atoms with Gasteiger partial charge in [0.1, 0.15) is 5.69 Å². The van der Waals surface area contributed by atoms with Gasteiger partial charge in [-0.1, -0.05) is 24.9 Å². The van der Waals surface area contributed by atoms with Crippen LogP contribution in [0.3, 0.4) is 0 Å². The minimum atomic E-state index is -0.119. The standard InChI is InChI=1S/C12H15ClN2O/c1-2-3-8-6-10(8)15-12(16)11-7-9(13)4-5-14-11/h4-5,7-8,10H,2-3,6H2,1H3,(H,15,16). The zero-order valence-corrected chi connectivity index (χ0v) is 10.00. The summed E-state index contributed by atoms with van der Waals surface area (Å²) in [6, 6.07) is 3.59. The maximum absolute atomic E-state index is 11.8. The fraction of sp³-hybridized carbons (Fsp3) is 0.500. The molecule has 1 aromatic heterocycles. The summed E-state index contributed by atoms with van der Waals surface area (Å²) in [6.07, 6.45) is 5.01. The molecular weight excluding hydrogens is 224 g/mol. The summed E-state index contributed by atoms with van der Waals surface area (Å²) in [7, 11) is 0. The molecule has 0 saturated heterocycles. The average molecular weight is 239 g/mol. The van der Waals surface area contributed by atoms with E-state index in [0.717, 1.165) is 6.42 Å². The van der Waals surface area contributed by atoms with Crippen molar-refractivity contribution >= 4 is 17.5 Å². The van der Waals surface area contributed by atoms with E-state index in [1.165, 1.54) is 12.8 Å². The fourth-order valence-electron chi connectivity index (χ4n) is 1.89. The highest BCUT2D eigenvalue weighted by atomic mass is 35.5. The first kappa shape index (κ1) is 11.4. The Morgan fingerprint density at radius 3 is 3.19 bits per heavy atom. The molecule has 1 amide bonds. The molecule has 4 heteroatoms. The molecule has 1 heterocycles. The lowest BCUT2D eigenvalue weighted by molar-refractivity contribution is 0.0944. The second kappa shape index (κ2) is 4.83. The van der Waals surface area contributed by atoms with E-state index in [9.17, 15) is 4.79 Å². The number of carbonyl (C=O) groups is 1. The van der Waals surface area contributed by atoms with E-state index in [1.807, 2.05) is 0 Å². The first-order valence-corrected chi connectivity index (χ1v) is 6.01. The molecule has 1 aromatic rings. The van der Waals surface area contributed by atoms with Gasteiger partial charge in [-0.25, -0.2) is 0 Å². The summed E-state index contributed by atoms with van der Waals surface area (Å²) < 4.78 is 0. The average Bonchev–Trinajstić information content (AvgIpc) is 2.97. The first-order valence-electron chi connectivity index (χ1n) is 5.63. The summed E-state index contributed by atoms with van der Waals surface area (Å²) in [4.78, 5) is 15.8. The van der Waals surface area contributed by atoms with Crippen molar-refractivity contribution in [3.8, 4) is 0 Å². The lowest BCUT2D eigenvalue weighted by atomic mass is 10.2. The number of aromatic nitrogens is 1. The number of carbonyl (C=O) groups excluding carboxylic acids is 1. The maximum Gasteiger partial charge on any atom is 0.270 e. The molecule has 86 valence electrons. The lowest BCUT2D eigenvalue weighted by Crippen LogP contribution is -2.27. The predicted octanol–water partition coefficient (Wildman–Crippen LogP) is 2.65. The summed E-state index contributed by atoms with van der Waals surface area (Å²) >= 11 is 5.80. The van der Waals surface area contributed by atoms with E-state index < -0.39 is 0 Å². The van der Waals surface area contributed by atoms with Crippen LogP contribution < -0.4 is 5.32 Å². The highest BCUT2D eigenvalue weighted by Crippen LogP contribution is 2.34. The molecule has 1 fully saturated rings. The summed E-state index contributed by atoms with van der Waals surface area (Å²) in [6.45, 7) is 2.16. The molecule has 16 heavy (non-hydrogen) atoms. The Morgan fingerprint density at radius 1 is 1.69 bits per heavy atom. The van der Waals surface area contributed by atoms with Gasteiger partial charge in [0, 0.05) is 17.3 Å². The van der Waals surface area contributed by atoms with Crippen molar-refractivity contribution < 1.29 is 4.79 Å². The van der Waals surface area contributed by atoms with Crippen molar-refractivity contribution in [1.29, 1.82) is 0 Å². The van der Waals surface area contributed by atoms with Gasteiger partial charge in [0.25, 0.3) is 5.91 Å². The van der Waals surface area contributed by atoms with Crippen LogP contribution in [0.15, 0.2) is 18.3 Å². The van der Waals surface area contributed by atoms with Crippen molar-refractivity contribution in [2.45, 2.75) is 32.2 Å². The van der Waals surface area contributed by atoms with Crippen molar-refractivity contribution in [3.05, 3.63) is 29.0 Å². The Hall–Kier alpha value is -1.09. The molecule has 2 rings (SSSR count). The van der Waals surface area contributed by atoms with Crippen LogP contribution in [0.1, 0.15) is 36.7 Å². The van der Waals surface area contributed by atoms with Crippen molar-refractivity contribution in [1.82, 2.24) is 10.3 Å². The topological polar surface area (TPSA) is 42.0 Å². The zero-order valence-electron chi connectivity index (χ0n) is 9.24. The van der Waals surface area contributed by atoms with Gasteiger partial charge < -0.3 is 5.32 Å². The number of hydrogen-bond donors (Lipinski definition) is 1. The number of pyridine rings is 1. The third-order valence-electron chi connectivity index (χ3n) is 2.85. The van der Waals surface area contributed by atoms with Crippen molar-refractivity contribution in [2.24, 2.45) is 5.92 Å². The Kier molecular flexibility index (Phi) is 3.44. The van der Waals surface area contributed by atoms with Crippen LogP contribution in [0.25, 0.3) is 0 Å². The number of halogens is 1. The molecule has 0 radical (unpaired) electrons. The van der Waals surface area contributed by atoms with E-state index in [-0.39, 0.29) is 5.91 Å². The number of nitrogens with zero attached hydrogens (tertiary/aromatic N) is 1. The number of nitrogens with one attached hydrogen (secondary N) is 1. The third kappa shape index (κ3) is 2.73. The van der Waals surface area contributed by atoms with Gasteiger partial charge in [0.15, 0.2) is 0 Å². The molecule has 3 nitrogen and oxygen atoms in total. The smallest absolute Gasteiger partial charge is 0.270 e. The van der Waals surface area contributed by atoms with E-state index >= 15 is 0 Å². The van der Waals surface area contributed by atoms with Crippen LogP contribution >= 0.6 is 11.6 Å². The van der Waals surface area contributed by atoms with Crippen LogP contribution in [0.2, 0.25) is 5.02 Å². The molecule has 2 atom stereocenters. The minimum absolute atomic E-state index is 0.119. The van der Waals surface area contributed by atoms with Gasteiger partial charge >= 0.3 is 0 Å². The molecule has 1 aliphatic carbocycles. The molecule has 1 saturated carbocycles.